The Labute approximate surface area is 111 Å². The molecule has 0 amide bonds. The van der Waals surface area contributed by atoms with E-state index in [2.05, 4.69) is 11.2 Å². The van der Waals surface area contributed by atoms with Crippen molar-refractivity contribution in [2.75, 3.05) is 11.9 Å². The smallest absolute Gasteiger partial charge is 0.336 e. The number of rotatable bonds is 2. The summed E-state index contributed by atoms with van der Waals surface area (Å²) in [6.07, 6.45) is 9.59. The van der Waals surface area contributed by atoms with Crippen LogP contribution in [0.4, 0.5) is 5.69 Å². The second-order valence-electron chi connectivity index (χ2n) is 4.82. The minimum absolute atomic E-state index is 0.287. The first kappa shape index (κ1) is 11.9. The molecule has 1 heterocycles. The first-order chi connectivity index (χ1) is 9.29. The highest BCUT2D eigenvalue weighted by Gasteiger charge is 2.18. The molecule has 1 aliphatic rings. The maximum Gasteiger partial charge on any atom is 0.336 e. The molecule has 0 unspecified atom stereocenters. The fourth-order valence-corrected chi connectivity index (χ4v) is 2.78. The number of hydrogen-bond acceptors (Lipinski definition) is 3. The summed E-state index contributed by atoms with van der Waals surface area (Å²) in [6, 6.07) is 5.30. The molecule has 0 bridgehead atoms. The van der Waals surface area contributed by atoms with Gasteiger partial charge in [0.1, 0.15) is 5.58 Å². The number of hydrogen-bond donors (Lipinski definition) is 1. The maximum absolute atomic E-state index is 11.4. The Morgan fingerprint density at radius 2 is 2.05 bits per heavy atom. The number of anilines is 1. The van der Waals surface area contributed by atoms with E-state index in [1.54, 1.807) is 0 Å². The summed E-state index contributed by atoms with van der Waals surface area (Å²) in [5.41, 5.74) is 3.95. The average molecular weight is 253 g/mol. The highest BCUT2D eigenvalue weighted by Crippen LogP contribution is 2.34. The minimum Gasteiger partial charge on any atom is -0.422 e. The minimum atomic E-state index is -0.287. The van der Waals surface area contributed by atoms with Gasteiger partial charge in [-0.1, -0.05) is 5.92 Å². The molecule has 0 aliphatic heterocycles. The van der Waals surface area contributed by atoms with E-state index in [0.29, 0.717) is 6.54 Å². The Hall–Kier alpha value is -2.21. The fourth-order valence-electron chi connectivity index (χ4n) is 2.78. The lowest BCUT2D eigenvalue weighted by molar-refractivity contribution is 0.550. The van der Waals surface area contributed by atoms with Gasteiger partial charge in [0.15, 0.2) is 0 Å². The first-order valence-electron chi connectivity index (χ1n) is 6.55. The van der Waals surface area contributed by atoms with Gasteiger partial charge in [-0.2, -0.15) is 0 Å². The third-order valence-electron chi connectivity index (χ3n) is 3.61. The van der Waals surface area contributed by atoms with Crippen LogP contribution >= 0.6 is 0 Å². The van der Waals surface area contributed by atoms with Crippen LogP contribution in [-0.2, 0) is 12.8 Å². The molecule has 3 nitrogen and oxygen atoms in total. The van der Waals surface area contributed by atoms with Crippen LogP contribution in [0.2, 0.25) is 0 Å². The second kappa shape index (κ2) is 4.81. The topological polar surface area (TPSA) is 42.2 Å². The zero-order valence-corrected chi connectivity index (χ0v) is 10.7. The van der Waals surface area contributed by atoms with E-state index < -0.39 is 0 Å². The molecule has 2 aromatic rings. The molecule has 19 heavy (non-hydrogen) atoms. The lowest BCUT2D eigenvalue weighted by Gasteiger charge is -2.21. The van der Waals surface area contributed by atoms with E-state index in [9.17, 15) is 4.79 Å². The Balaban J connectivity index is 2.25. The maximum atomic E-state index is 11.4. The molecule has 0 saturated carbocycles. The molecule has 1 aromatic carbocycles. The molecular weight excluding hydrogens is 238 g/mol. The van der Waals surface area contributed by atoms with Crippen LogP contribution in [0.5, 0.6) is 0 Å². The third-order valence-corrected chi connectivity index (χ3v) is 3.61. The summed E-state index contributed by atoms with van der Waals surface area (Å²) in [5.74, 6) is 2.60. The molecule has 0 spiro atoms. The molecular formula is C16H15NO2. The quantitative estimate of drug-likeness (QED) is 0.661. The summed E-state index contributed by atoms with van der Waals surface area (Å²) < 4.78 is 5.40. The van der Waals surface area contributed by atoms with Crippen molar-refractivity contribution in [2.45, 2.75) is 25.7 Å². The number of benzene rings is 1. The van der Waals surface area contributed by atoms with Crippen molar-refractivity contribution in [3.8, 4) is 12.3 Å². The summed E-state index contributed by atoms with van der Waals surface area (Å²) in [5, 5.41) is 4.23. The van der Waals surface area contributed by atoms with E-state index in [-0.39, 0.29) is 5.63 Å². The van der Waals surface area contributed by atoms with Crippen LogP contribution in [0.15, 0.2) is 27.4 Å². The Morgan fingerprint density at radius 3 is 2.84 bits per heavy atom. The molecule has 1 aliphatic carbocycles. The van der Waals surface area contributed by atoms with Gasteiger partial charge < -0.3 is 9.73 Å². The van der Waals surface area contributed by atoms with Crippen molar-refractivity contribution < 1.29 is 4.42 Å². The summed E-state index contributed by atoms with van der Waals surface area (Å²) >= 11 is 0. The van der Waals surface area contributed by atoms with Crippen molar-refractivity contribution >= 4 is 16.7 Å². The van der Waals surface area contributed by atoms with E-state index >= 15 is 0 Å². The molecule has 0 fully saturated rings. The molecule has 0 radical (unpaired) electrons. The standard InChI is InChI=1S/C16H15NO2/c1-2-9-17-14-10-11-7-8-15(18)19-16(11)13-6-4-3-5-12(13)14/h1,7-8,10,17H,3-6,9H2. The highest BCUT2D eigenvalue weighted by atomic mass is 16.4. The van der Waals surface area contributed by atoms with Crippen LogP contribution in [0, 0.1) is 12.3 Å². The predicted molar refractivity (Wildman–Crippen MR) is 76.4 cm³/mol. The van der Waals surface area contributed by atoms with E-state index in [0.717, 1.165) is 35.9 Å². The number of fused-ring (bicyclic) bond motifs is 3. The zero-order valence-electron chi connectivity index (χ0n) is 10.7. The summed E-state index contributed by atoms with van der Waals surface area (Å²) in [6.45, 7) is 0.509. The monoisotopic (exact) mass is 253 g/mol. The Bertz CT molecular complexity index is 722. The van der Waals surface area contributed by atoms with Gasteiger partial charge in [0.05, 0.1) is 6.54 Å². The number of terminal acetylenes is 1. The SMILES string of the molecule is C#CCNc1cc2ccc(=O)oc2c2c1CCCC2. The number of nitrogens with one attached hydrogen (secondary N) is 1. The van der Waals surface area contributed by atoms with E-state index in [4.69, 9.17) is 10.8 Å². The van der Waals surface area contributed by atoms with Gasteiger partial charge >= 0.3 is 5.63 Å². The molecule has 3 heteroatoms. The molecule has 1 aromatic heterocycles. The van der Waals surface area contributed by atoms with Crippen molar-refractivity contribution in [2.24, 2.45) is 0 Å². The van der Waals surface area contributed by atoms with Gasteiger partial charge in [-0.25, -0.2) is 4.79 Å². The van der Waals surface area contributed by atoms with Crippen molar-refractivity contribution in [1.82, 2.24) is 0 Å². The average Bonchev–Trinajstić information content (AvgIpc) is 2.45. The van der Waals surface area contributed by atoms with Gasteiger partial charge in [0.25, 0.3) is 0 Å². The second-order valence-corrected chi connectivity index (χ2v) is 4.82. The van der Waals surface area contributed by atoms with Crippen molar-refractivity contribution in [3.63, 3.8) is 0 Å². The van der Waals surface area contributed by atoms with Gasteiger partial charge in [-0.15, -0.1) is 6.42 Å². The van der Waals surface area contributed by atoms with Crippen LogP contribution in [0.25, 0.3) is 11.0 Å². The largest absolute Gasteiger partial charge is 0.422 e. The van der Waals surface area contributed by atoms with Gasteiger partial charge in [-0.3, -0.25) is 0 Å². The zero-order chi connectivity index (χ0) is 13.2. The van der Waals surface area contributed by atoms with Crippen LogP contribution in [-0.4, -0.2) is 6.54 Å². The molecule has 0 saturated heterocycles. The normalized spacial score (nSPS) is 13.8. The van der Waals surface area contributed by atoms with Crippen LogP contribution in [0.1, 0.15) is 24.0 Å². The number of aryl methyl sites for hydroxylation is 1. The van der Waals surface area contributed by atoms with Crippen molar-refractivity contribution in [3.05, 3.63) is 39.7 Å². The lowest BCUT2D eigenvalue weighted by atomic mass is 9.88. The molecule has 96 valence electrons. The summed E-state index contributed by atoms with van der Waals surface area (Å²) in [4.78, 5) is 11.4. The predicted octanol–water partition coefficient (Wildman–Crippen LogP) is 2.72. The van der Waals surface area contributed by atoms with Crippen molar-refractivity contribution in [1.29, 1.82) is 0 Å². The molecule has 3 rings (SSSR count). The molecule has 1 N–H and O–H groups in total. The van der Waals surface area contributed by atoms with Crippen LogP contribution < -0.4 is 10.9 Å². The van der Waals surface area contributed by atoms with Gasteiger partial charge in [0.2, 0.25) is 0 Å². The first-order valence-corrected chi connectivity index (χ1v) is 6.55. The third kappa shape index (κ3) is 2.10. The van der Waals surface area contributed by atoms with E-state index in [1.807, 2.05) is 12.1 Å². The Kier molecular flexibility index (Phi) is 3.00. The molecule has 0 atom stereocenters. The van der Waals surface area contributed by atoms with Gasteiger partial charge in [0, 0.05) is 22.7 Å². The highest BCUT2D eigenvalue weighted by molar-refractivity contribution is 5.86. The van der Waals surface area contributed by atoms with E-state index in [1.165, 1.54) is 23.6 Å². The Morgan fingerprint density at radius 1 is 1.26 bits per heavy atom. The lowest BCUT2D eigenvalue weighted by Crippen LogP contribution is -2.10. The van der Waals surface area contributed by atoms with Crippen LogP contribution in [0.3, 0.4) is 0 Å². The fraction of sp³-hybridized carbons (Fsp3) is 0.312. The summed E-state index contributed by atoms with van der Waals surface area (Å²) in [7, 11) is 0. The van der Waals surface area contributed by atoms with Gasteiger partial charge in [-0.05, 0) is 43.4 Å².